The van der Waals surface area contributed by atoms with E-state index in [1.54, 1.807) is 12.3 Å². The molecule has 0 saturated carbocycles. The van der Waals surface area contributed by atoms with Gasteiger partial charge in [-0.2, -0.15) is 5.26 Å². The largest absolute Gasteiger partial charge is 0.356 e. The molecule has 0 spiro atoms. The predicted molar refractivity (Wildman–Crippen MR) is 87.8 cm³/mol. The van der Waals surface area contributed by atoms with E-state index in [1.165, 1.54) is 5.01 Å². The average molecular weight is 328 g/mol. The highest BCUT2D eigenvalue weighted by Gasteiger charge is 2.35. The van der Waals surface area contributed by atoms with E-state index in [0.29, 0.717) is 31.7 Å². The summed E-state index contributed by atoms with van der Waals surface area (Å²) in [4.78, 5) is 31.6. The summed E-state index contributed by atoms with van der Waals surface area (Å²) in [6.07, 6.45) is 2.35. The molecule has 0 radical (unpaired) electrons. The highest BCUT2D eigenvalue weighted by molar-refractivity contribution is 5.80. The predicted octanol–water partition coefficient (Wildman–Crippen LogP) is 0.994. The normalized spacial score (nSPS) is 23.9. The number of pyridine rings is 1. The number of nitroso groups, excluding NO2 is 1. The van der Waals surface area contributed by atoms with Crippen LogP contribution in [0.5, 0.6) is 0 Å². The molecule has 2 saturated heterocycles. The first-order valence-electron chi connectivity index (χ1n) is 8.12. The molecule has 0 N–H and O–H groups in total. The Kier molecular flexibility index (Phi) is 4.60. The molecule has 1 amide bonds. The average Bonchev–Trinajstić information content (AvgIpc) is 3.11. The molecular weight excluding hydrogens is 308 g/mol. The molecule has 2 aliphatic rings. The van der Waals surface area contributed by atoms with Crippen LogP contribution >= 0.6 is 0 Å². The standard InChI is InChI=1S/C16H20N6O2/c1-12-10-21(6-7-22(12)19-24)16(23)14-4-5-20(11-14)15-3-2-13(8-17)9-18-15/h2-3,9,12,14H,4-7,10-11H2,1H3. The Morgan fingerprint density at radius 2 is 2.17 bits per heavy atom. The van der Waals surface area contributed by atoms with E-state index in [0.717, 1.165) is 18.8 Å². The van der Waals surface area contributed by atoms with Gasteiger partial charge in [-0.15, -0.1) is 4.91 Å². The van der Waals surface area contributed by atoms with Crippen molar-refractivity contribution in [3.05, 3.63) is 28.8 Å². The van der Waals surface area contributed by atoms with Crippen LogP contribution in [0.2, 0.25) is 0 Å². The molecule has 0 aliphatic carbocycles. The maximum Gasteiger partial charge on any atom is 0.227 e. The lowest BCUT2D eigenvalue weighted by Crippen LogP contribution is -2.53. The highest BCUT2D eigenvalue weighted by Crippen LogP contribution is 2.24. The van der Waals surface area contributed by atoms with Crippen LogP contribution < -0.4 is 4.90 Å². The molecule has 2 atom stereocenters. The van der Waals surface area contributed by atoms with Gasteiger partial charge in [-0.05, 0) is 25.5 Å². The van der Waals surface area contributed by atoms with Gasteiger partial charge in [0.05, 0.1) is 29.4 Å². The van der Waals surface area contributed by atoms with E-state index < -0.39 is 0 Å². The number of carbonyl (C=O) groups excluding carboxylic acids is 1. The van der Waals surface area contributed by atoms with E-state index >= 15 is 0 Å². The molecule has 3 rings (SSSR count). The molecule has 126 valence electrons. The monoisotopic (exact) mass is 328 g/mol. The number of rotatable bonds is 3. The Bertz CT molecular complexity index is 656. The third-order valence-electron chi connectivity index (χ3n) is 4.75. The second kappa shape index (κ2) is 6.83. The molecular formula is C16H20N6O2. The van der Waals surface area contributed by atoms with Crippen LogP contribution in [0.1, 0.15) is 18.9 Å². The molecule has 0 aromatic carbocycles. The minimum atomic E-state index is -0.0506. The summed E-state index contributed by atoms with van der Waals surface area (Å²) in [5, 5.41) is 13.3. The van der Waals surface area contributed by atoms with Crippen LogP contribution in [0.15, 0.2) is 23.6 Å². The quantitative estimate of drug-likeness (QED) is 0.768. The lowest BCUT2D eigenvalue weighted by Gasteiger charge is -2.37. The number of nitrogens with zero attached hydrogens (tertiary/aromatic N) is 6. The molecule has 8 nitrogen and oxygen atoms in total. The van der Waals surface area contributed by atoms with Crippen molar-refractivity contribution in [2.24, 2.45) is 11.2 Å². The van der Waals surface area contributed by atoms with Crippen LogP contribution in [0.25, 0.3) is 0 Å². The summed E-state index contributed by atoms with van der Waals surface area (Å²) in [6.45, 7) is 4.89. The molecule has 24 heavy (non-hydrogen) atoms. The van der Waals surface area contributed by atoms with Gasteiger partial charge in [-0.25, -0.2) is 4.98 Å². The van der Waals surface area contributed by atoms with Gasteiger partial charge in [-0.3, -0.25) is 9.80 Å². The SMILES string of the molecule is CC1CN(C(=O)C2CCN(c3ccc(C#N)cn3)C2)CCN1N=O. The van der Waals surface area contributed by atoms with Crippen molar-refractivity contribution in [3.8, 4) is 6.07 Å². The van der Waals surface area contributed by atoms with Gasteiger partial charge in [0.25, 0.3) is 0 Å². The molecule has 1 aromatic rings. The number of aromatic nitrogens is 1. The Labute approximate surface area is 140 Å². The van der Waals surface area contributed by atoms with Gasteiger partial charge in [-0.1, -0.05) is 0 Å². The van der Waals surface area contributed by atoms with Crippen LogP contribution in [0.4, 0.5) is 5.82 Å². The summed E-state index contributed by atoms with van der Waals surface area (Å²) in [7, 11) is 0. The number of piperazine rings is 1. The number of hydrogen-bond acceptors (Lipinski definition) is 6. The summed E-state index contributed by atoms with van der Waals surface area (Å²) in [5.74, 6) is 0.890. The first kappa shape index (κ1) is 16.2. The Morgan fingerprint density at radius 1 is 1.33 bits per heavy atom. The van der Waals surface area contributed by atoms with Crippen molar-refractivity contribution in [3.63, 3.8) is 0 Å². The van der Waals surface area contributed by atoms with E-state index in [4.69, 9.17) is 5.26 Å². The van der Waals surface area contributed by atoms with E-state index in [1.807, 2.05) is 17.9 Å². The first-order chi connectivity index (χ1) is 11.6. The van der Waals surface area contributed by atoms with Crippen LogP contribution in [-0.4, -0.2) is 59.6 Å². The first-order valence-corrected chi connectivity index (χ1v) is 8.12. The zero-order chi connectivity index (χ0) is 17.1. The van der Waals surface area contributed by atoms with Gasteiger partial charge in [0, 0.05) is 32.4 Å². The lowest BCUT2D eigenvalue weighted by atomic mass is 10.1. The minimum absolute atomic E-state index is 0.0436. The smallest absolute Gasteiger partial charge is 0.227 e. The lowest BCUT2D eigenvalue weighted by molar-refractivity contribution is -0.137. The number of hydrogen-bond donors (Lipinski definition) is 0. The van der Waals surface area contributed by atoms with Crippen molar-refractivity contribution >= 4 is 11.7 Å². The number of anilines is 1. The second-order valence-corrected chi connectivity index (χ2v) is 6.33. The topological polar surface area (TPSA) is 92.9 Å². The second-order valence-electron chi connectivity index (χ2n) is 6.33. The Morgan fingerprint density at radius 3 is 2.79 bits per heavy atom. The van der Waals surface area contributed by atoms with E-state index in [9.17, 15) is 9.70 Å². The molecule has 8 heteroatoms. The summed E-state index contributed by atoms with van der Waals surface area (Å²) >= 11 is 0. The van der Waals surface area contributed by atoms with Crippen molar-refractivity contribution in [1.29, 1.82) is 5.26 Å². The molecule has 3 heterocycles. The molecule has 2 unspecified atom stereocenters. The number of nitriles is 1. The molecule has 0 bridgehead atoms. The summed E-state index contributed by atoms with van der Waals surface area (Å²) in [6, 6.07) is 5.57. The van der Waals surface area contributed by atoms with Gasteiger partial charge < -0.3 is 9.80 Å². The minimum Gasteiger partial charge on any atom is -0.356 e. The van der Waals surface area contributed by atoms with Crippen LogP contribution in [0, 0.1) is 22.2 Å². The van der Waals surface area contributed by atoms with Crippen molar-refractivity contribution in [1.82, 2.24) is 14.9 Å². The molecule has 1 aromatic heterocycles. The highest BCUT2D eigenvalue weighted by atomic mass is 16.3. The third-order valence-corrected chi connectivity index (χ3v) is 4.75. The van der Waals surface area contributed by atoms with Crippen LogP contribution in [0.3, 0.4) is 0 Å². The van der Waals surface area contributed by atoms with Gasteiger partial charge in [0.15, 0.2) is 0 Å². The molecule has 2 fully saturated rings. The number of amides is 1. The van der Waals surface area contributed by atoms with Crippen LogP contribution in [-0.2, 0) is 4.79 Å². The van der Waals surface area contributed by atoms with Gasteiger partial charge in [0.2, 0.25) is 5.91 Å². The zero-order valence-corrected chi connectivity index (χ0v) is 13.6. The van der Waals surface area contributed by atoms with E-state index in [2.05, 4.69) is 21.2 Å². The Balaban J connectivity index is 1.60. The van der Waals surface area contributed by atoms with Crippen molar-refractivity contribution in [2.75, 3.05) is 37.6 Å². The van der Waals surface area contributed by atoms with Crippen molar-refractivity contribution < 1.29 is 4.79 Å². The van der Waals surface area contributed by atoms with Gasteiger partial charge >= 0.3 is 0 Å². The van der Waals surface area contributed by atoms with Gasteiger partial charge in [0.1, 0.15) is 11.9 Å². The fourth-order valence-corrected chi connectivity index (χ4v) is 3.34. The fraction of sp³-hybridized carbons (Fsp3) is 0.562. The number of carbonyl (C=O) groups is 1. The molecule has 2 aliphatic heterocycles. The maximum absolute atomic E-state index is 12.7. The third kappa shape index (κ3) is 3.15. The maximum atomic E-state index is 12.7. The van der Waals surface area contributed by atoms with E-state index in [-0.39, 0.29) is 17.9 Å². The fourth-order valence-electron chi connectivity index (χ4n) is 3.34. The Hall–Kier alpha value is -2.69. The summed E-state index contributed by atoms with van der Waals surface area (Å²) < 4.78 is 0. The van der Waals surface area contributed by atoms with Crippen molar-refractivity contribution in [2.45, 2.75) is 19.4 Å². The summed E-state index contributed by atoms with van der Waals surface area (Å²) in [5.41, 5.74) is 0.529. The zero-order valence-electron chi connectivity index (χ0n) is 13.6.